The Labute approximate surface area is 134 Å². The molecule has 1 aliphatic heterocycles. The maximum atomic E-state index is 12.9. The van der Waals surface area contributed by atoms with E-state index in [-0.39, 0.29) is 5.91 Å². The second-order valence-electron chi connectivity index (χ2n) is 6.41. The highest BCUT2D eigenvalue weighted by atomic mass is 32.1. The molecule has 116 valence electrons. The van der Waals surface area contributed by atoms with Crippen LogP contribution in [0.2, 0.25) is 0 Å². The van der Waals surface area contributed by atoms with E-state index in [1.165, 1.54) is 18.4 Å². The number of piperidine rings is 1. The number of aryl methyl sites for hydroxylation is 1. The number of nitrogens with zero attached hydrogens (tertiary/aromatic N) is 3. The molecule has 1 saturated heterocycles. The van der Waals surface area contributed by atoms with E-state index < -0.39 is 0 Å². The van der Waals surface area contributed by atoms with Gasteiger partial charge in [0.05, 0.1) is 10.9 Å². The first kappa shape index (κ1) is 14.0. The Balaban J connectivity index is 1.53. The smallest absolute Gasteiger partial charge is 0.264 e. The molecule has 3 heterocycles. The molecule has 2 aromatic heterocycles. The lowest BCUT2D eigenvalue weighted by Gasteiger charge is -2.34. The van der Waals surface area contributed by atoms with E-state index in [9.17, 15) is 4.79 Å². The minimum Gasteiger partial charge on any atom is -0.336 e. The topological polar surface area (TPSA) is 38.1 Å². The first-order valence-corrected chi connectivity index (χ1v) is 8.98. The largest absolute Gasteiger partial charge is 0.336 e. The Kier molecular flexibility index (Phi) is 3.53. The van der Waals surface area contributed by atoms with Crippen LogP contribution in [0.25, 0.3) is 0 Å². The summed E-state index contributed by atoms with van der Waals surface area (Å²) in [5, 5.41) is 2.07. The average molecular weight is 315 g/mol. The van der Waals surface area contributed by atoms with Gasteiger partial charge >= 0.3 is 0 Å². The molecule has 0 bridgehead atoms. The summed E-state index contributed by atoms with van der Waals surface area (Å²) in [6, 6.07) is 2.52. The van der Waals surface area contributed by atoms with Crippen molar-refractivity contribution in [1.29, 1.82) is 0 Å². The highest BCUT2D eigenvalue weighted by Gasteiger charge is 2.32. The number of amides is 1. The summed E-state index contributed by atoms with van der Waals surface area (Å²) in [7, 11) is 0. The first-order valence-electron chi connectivity index (χ1n) is 8.10. The van der Waals surface area contributed by atoms with Crippen LogP contribution in [-0.2, 0) is 0 Å². The first-order chi connectivity index (χ1) is 10.7. The molecule has 22 heavy (non-hydrogen) atoms. The number of carbonyl (C=O) groups excluding carboxylic acids is 1. The molecule has 0 radical (unpaired) electrons. The molecule has 1 unspecified atom stereocenters. The van der Waals surface area contributed by atoms with Gasteiger partial charge in [-0.05, 0) is 55.5 Å². The van der Waals surface area contributed by atoms with E-state index in [4.69, 9.17) is 0 Å². The normalized spacial score (nSPS) is 22.0. The summed E-state index contributed by atoms with van der Waals surface area (Å²) >= 11 is 1.61. The lowest BCUT2D eigenvalue weighted by molar-refractivity contribution is 0.0682. The Morgan fingerprint density at radius 3 is 2.95 bits per heavy atom. The fraction of sp³-hybridized carbons (Fsp3) is 0.529. The molecule has 2 aliphatic rings. The lowest BCUT2D eigenvalue weighted by Crippen LogP contribution is -2.40. The van der Waals surface area contributed by atoms with Crippen molar-refractivity contribution in [3.63, 3.8) is 0 Å². The van der Waals surface area contributed by atoms with Crippen molar-refractivity contribution in [2.75, 3.05) is 13.1 Å². The van der Waals surface area contributed by atoms with E-state index in [0.29, 0.717) is 12.0 Å². The molecular formula is C17H21N3OS. The summed E-state index contributed by atoms with van der Waals surface area (Å²) < 4.78 is 2.22. The highest BCUT2D eigenvalue weighted by molar-refractivity contribution is 7.12. The molecule has 0 spiro atoms. The number of aromatic nitrogens is 2. The third-order valence-corrected chi connectivity index (χ3v) is 5.76. The minimum atomic E-state index is 0.236. The van der Waals surface area contributed by atoms with Gasteiger partial charge in [-0.15, -0.1) is 11.3 Å². The maximum absolute atomic E-state index is 12.9. The van der Waals surface area contributed by atoms with Crippen LogP contribution >= 0.6 is 11.3 Å². The Hall–Kier alpha value is -1.62. The molecule has 1 aliphatic carbocycles. The van der Waals surface area contributed by atoms with Gasteiger partial charge < -0.3 is 9.47 Å². The molecule has 1 atom stereocenters. The predicted molar refractivity (Wildman–Crippen MR) is 87.4 cm³/mol. The molecule has 1 saturated carbocycles. The van der Waals surface area contributed by atoms with Crippen molar-refractivity contribution in [2.45, 2.75) is 44.6 Å². The summed E-state index contributed by atoms with van der Waals surface area (Å²) in [4.78, 5) is 20.3. The van der Waals surface area contributed by atoms with Gasteiger partial charge in [0.2, 0.25) is 0 Å². The van der Waals surface area contributed by atoms with Crippen molar-refractivity contribution in [3.8, 4) is 0 Å². The molecule has 2 aromatic rings. The van der Waals surface area contributed by atoms with Gasteiger partial charge in [-0.25, -0.2) is 4.98 Å². The molecule has 4 rings (SSSR count). The van der Waals surface area contributed by atoms with Gasteiger partial charge in [-0.1, -0.05) is 0 Å². The van der Waals surface area contributed by atoms with E-state index in [1.54, 1.807) is 11.3 Å². The number of hydrogen-bond donors (Lipinski definition) is 0. The molecule has 4 nitrogen and oxygen atoms in total. The van der Waals surface area contributed by atoms with Crippen molar-refractivity contribution < 1.29 is 4.79 Å². The maximum Gasteiger partial charge on any atom is 0.264 e. The summed E-state index contributed by atoms with van der Waals surface area (Å²) in [5.41, 5.74) is 1.29. The molecule has 0 aromatic carbocycles. The quantitative estimate of drug-likeness (QED) is 0.868. The Bertz CT molecular complexity index is 686. The van der Waals surface area contributed by atoms with Crippen LogP contribution in [-0.4, -0.2) is 33.4 Å². The van der Waals surface area contributed by atoms with Gasteiger partial charge in [0.25, 0.3) is 5.91 Å². The summed E-state index contributed by atoms with van der Waals surface area (Å²) in [6.07, 6.45) is 8.57. The number of imidazole rings is 1. The van der Waals surface area contributed by atoms with Crippen LogP contribution in [0, 0.1) is 6.92 Å². The fourth-order valence-electron chi connectivity index (χ4n) is 3.49. The van der Waals surface area contributed by atoms with Gasteiger partial charge in [0.1, 0.15) is 5.82 Å². The van der Waals surface area contributed by atoms with Crippen LogP contribution in [0.15, 0.2) is 23.8 Å². The van der Waals surface area contributed by atoms with E-state index in [2.05, 4.69) is 21.0 Å². The van der Waals surface area contributed by atoms with Gasteiger partial charge in [0, 0.05) is 25.5 Å². The Morgan fingerprint density at radius 1 is 1.36 bits per heavy atom. The van der Waals surface area contributed by atoms with E-state index in [1.807, 2.05) is 24.2 Å². The lowest BCUT2D eigenvalue weighted by atomic mass is 10.0. The summed E-state index contributed by atoms with van der Waals surface area (Å²) in [6.45, 7) is 3.72. The van der Waals surface area contributed by atoms with Crippen LogP contribution in [0.3, 0.4) is 0 Å². The van der Waals surface area contributed by atoms with Gasteiger partial charge in [-0.2, -0.15) is 0 Å². The number of thiophene rings is 1. The Morgan fingerprint density at radius 2 is 2.23 bits per heavy atom. The van der Waals surface area contributed by atoms with Crippen LogP contribution in [0.4, 0.5) is 0 Å². The molecular weight excluding hydrogens is 294 g/mol. The number of likely N-dealkylation sites (tertiary alicyclic amines) is 1. The SMILES string of the molecule is Cc1nccn1C1CCCN(C(=O)c2sccc2C2CC2)C1. The van der Waals surface area contributed by atoms with Crippen LogP contribution in [0.5, 0.6) is 0 Å². The van der Waals surface area contributed by atoms with Crippen molar-refractivity contribution in [1.82, 2.24) is 14.5 Å². The highest BCUT2D eigenvalue weighted by Crippen LogP contribution is 2.43. The van der Waals surface area contributed by atoms with Crippen molar-refractivity contribution in [3.05, 3.63) is 40.1 Å². The second-order valence-corrected chi connectivity index (χ2v) is 7.32. The van der Waals surface area contributed by atoms with Crippen LogP contribution < -0.4 is 0 Å². The third kappa shape index (κ3) is 2.47. The van der Waals surface area contributed by atoms with E-state index in [0.717, 1.165) is 36.6 Å². The second kappa shape index (κ2) is 5.54. The van der Waals surface area contributed by atoms with Crippen molar-refractivity contribution >= 4 is 17.2 Å². The fourth-order valence-corrected chi connectivity index (χ4v) is 4.44. The third-order valence-electron chi connectivity index (χ3n) is 4.85. The van der Waals surface area contributed by atoms with Gasteiger partial charge in [0.15, 0.2) is 0 Å². The monoisotopic (exact) mass is 315 g/mol. The van der Waals surface area contributed by atoms with E-state index >= 15 is 0 Å². The molecule has 0 N–H and O–H groups in total. The van der Waals surface area contributed by atoms with Gasteiger partial charge in [-0.3, -0.25) is 4.79 Å². The molecule has 2 fully saturated rings. The molecule has 5 heteroatoms. The zero-order valence-corrected chi connectivity index (χ0v) is 13.7. The number of carbonyl (C=O) groups is 1. The van der Waals surface area contributed by atoms with Crippen molar-refractivity contribution in [2.24, 2.45) is 0 Å². The molecule has 1 amide bonds. The zero-order chi connectivity index (χ0) is 15.1. The standard InChI is InChI=1S/C17H21N3OS/c1-12-18-7-9-20(12)14-3-2-8-19(11-14)17(21)16-15(6-10-22-16)13-4-5-13/h6-7,9-10,13-14H,2-5,8,11H2,1H3. The number of hydrogen-bond acceptors (Lipinski definition) is 3. The minimum absolute atomic E-state index is 0.236. The average Bonchev–Trinajstić information content (AvgIpc) is 3.10. The predicted octanol–water partition coefficient (Wildman–Crippen LogP) is 3.61. The summed E-state index contributed by atoms with van der Waals surface area (Å²) in [5.74, 6) is 1.91. The number of rotatable bonds is 3. The van der Waals surface area contributed by atoms with Crippen LogP contribution in [0.1, 0.15) is 58.7 Å². The zero-order valence-electron chi connectivity index (χ0n) is 12.9.